The zero-order valence-corrected chi connectivity index (χ0v) is 10.6. The molecule has 94 valence electrons. The molecule has 2 rings (SSSR count). The van der Waals surface area contributed by atoms with E-state index in [1.54, 1.807) is 14.2 Å². The number of rotatable bonds is 4. The van der Waals surface area contributed by atoms with Crippen molar-refractivity contribution < 1.29 is 9.47 Å². The van der Waals surface area contributed by atoms with Crippen molar-refractivity contribution in [2.45, 2.75) is 6.04 Å². The Morgan fingerprint density at radius 2 is 1.61 bits per heavy atom. The third kappa shape index (κ3) is 2.31. The molecule has 0 aliphatic heterocycles. The summed E-state index contributed by atoms with van der Waals surface area (Å²) in [5.74, 6) is 1.39. The summed E-state index contributed by atoms with van der Waals surface area (Å²) in [6, 6.07) is 15.4. The van der Waals surface area contributed by atoms with Crippen molar-refractivity contribution in [3.05, 3.63) is 59.7 Å². The summed E-state index contributed by atoms with van der Waals surface area (Å²) in [6.45, 7) is 0. The van der Waals surface area contributed by atoms with Crippen molar-refractivity contribution >= 4 is 0 Å². The van der Waals surface area contributed by atoms with Crippen LogP contribution in [0.25, 0.3) is 0 Å². The third-order valence-corrected chi connectivity index (χ3v) is 2.93. The van der Waals surface area contributed by atoms with Gasteiger partial charge in [0.25, 0.3) is 0 Å². The number of methoxy groups -OCH3 is 2. The van der Waals surface area contributed by atoms with E-state index >= 15 is 0 Å². The molecule has 0 bridgehead atoms. The maximum Gasteiger partial charge on any atom is 0.165 e. The van der Waals surface area contributed by atoms with Crippen LogP contribution in [-0.2, 0) is 0 Å². The molecule has 0 aliphatic carbocycles. The van der Waals surface area contributed by atoms with Crippen LogP contribution in [0.2, 0.25) is 0 Å². The summed E-state index contributed by atoms with van der Waals surface area (Å²) in [4.78, 5) is 0. The molecule has 0 saturated carbocycles. The Bertz CT molecular complexity index is 511. The van der Waals surface area contributed by atoms with E-state index in [0.717, 1.165) is 11.1 Å². The van der Waals surface area contributed by atoms with Crippen molar-refractivity contribution in [3.8, 4) is 11.5 Å². The van der Waals surface area contributed by atoms with Crippen molar-refractivity contribution in [1.29, 1.82) is 0 Å². The van der Waals surface area contributed by atoms with Gasteiger partial charge >= 0.3 is 0 Å². The summed E-state index contributed by atoms with van der Waals surface area (Å²) < 4.78 is 10.7. The molecule has 0 spiro atoms. The van der Waals surface area contributed by atoms with E-state index in [2.05, 4.69) is 0 Å². The Balaban J connectivity index is 2.45. The molecule has 18 heavy (non-hydrogen) atoms. The molecule has 1 atom stereocenters. The lowest BCUT2D eigenvalue weighted by Gasteiger charge is -2.18. The van der Waals surface area contributed by atoms with Gasteiger partial charge in [0.2, 0.25) is 0 Å². The van der Waals surface area contributed by atoms with Crippen LogP contribution in [0.4, 0.5) is 0 Å². The topological polar surface area (TPSA) is 44.5 Å². The Morgan fingerprint density at radius 3 is 2.22 bits per heavy atom. The second-order valence-electron chi connectivity index (χ2n) is 3.97. The fourth-order valence-electron chi connectivity index (χ4n) is 2.00. The minimum atomic E-state index is -0.226. The van der Waals surface area contributed by atoms with Gasteiger partial charge in [-0.25, -0.2) is 0 Å². The average Bonchev–Trinajstić information content (AvgIpc) is 2.46. The molecular weight excluding hydrogens is 226 g/mol. The Hall–Kier alpha value is -2.00. The molecule has 3 nitrogen and oxygen atoms in total. The van der Waals surface area contributed by atoms with Crippen LogP contribution < -0.4 is 15.2 Å². The fourth-order valence-corrected chi connectivity index (χ4v) is 2.00. The van der Waals surface area contributed by atoms with E-state index < -0.39 is 0 Å². The predicted octanol–water partition coefficient (Wildman–Crippen LogP) is 2.75. The molecule has 2 aromatic rings. The third-order valence-electron chi connectivity index (χ3n) is 2.93. The SMILES string of the molecule is COc1cccc(C(N)c2ccccc2)c1OC. The molecule has 0 fully saturated rings. The fraction of sp³-hybridized carbons (Fsp3) is 0.200. The summed E-state index contributed by atoms with van der Waals surface area (Å²) in [5, 5.41) is 0. The predicted molar refractivity (Wildman–Crippen MR) is 72.0 cm³/mol. The van der Waals surface area contributed by atoms with Gasteiger partial charge in [-0.1, -0.05) is 42.5 Å². The number of nitrogens with two attached hydrogens (primary N) is 1. The normalized spacial score (nSPS) is 11.9. The molecule has 1 unspecified atom stereocenters. The lowest BCUT2D eigenvalue weighted by Crippen LogP contribution is -2.13. The minimum absolute atomic E-state index is 0.226. The maximum absolute atomic E-state index is 6.28. The van der Waals surface area contributed by atoms with E-state index in [1.165, 1.54) is 0 Å². The van der Waals surface area contributed by atoms with Gasteiger partial charge in [-0.15, -0.1) is 0 Å². The molecule has 0 saturated heterocycles. The molecule has 0 heterocycles. The van der Waals surface area contributed by atoms with Gasteiger partial charge in [0, 0.05) is 5.56 Å². The van der Waals surface area contributed by atoms with Crippen molar-refractivity contribution in [1.82, 2.24) is 0 Å². The van der Waals surface area contributed by atoms with E-state index in [4.69, 9.17) is 15.2 Å². The van der Waals surface area contributed by atoms with Crippen LogP contribution in [-0.4, -0.2) is 14.2 Å². The summed E-state index contributed by atoms with van der Waals surface area (Å²) in [5.41, 5.74) is 8.25. The maximum atomic E-state index is 6.28. The molecule has 0 radical (unpaired) electrons. The first-order chi connectivity index (χ1) is 8.77. The van der Waals surface area contributed by atoms with Crippen molar-refractivity contribution in [3.63, 3.8) is 0 Å². The molecule has 3 heteroatoms. The largest absolute Gasteiger partial charge is 0.493 e. The molecule has 2 aromatic carbocycles. The first-order valence-corrected chi connectivity index (χ1v) is 5.79. The van der Waals surface area contributed by atoms with Gasteiger partial charge in [0.1, 0.15) is 0 Å². The Labute approximate surface area is 107 Å². The highest BCUT2D eigenvalue weighted by molar-refractivity contribution is 5.50. The molecule has 0 aliphatic rings. The number of ether oxygens (including phenoxy) is 2. The van der Waals surface area contributed by atoms with Crippen LogP contribution in [0.5, 0.6) is 11.5 Å². The Morgan fingerprint density at radius 1 is 0.889 bits per heavy atom. The molecule has 0 aromatic heterocycles. The molecular formula is C15H17NO2. The van der Waals surface area contributed by atoms with Gasteiger partial charge in [-0.3, -0.25) is 0 Å². The summed E-state index contributed by atoms with van der Waals surface area (Å²) in [6.07, 6.45) is 0. The van der Waals surface area contributed by atoms with Gasteiger partial charge in [-0.2, -0.15) is 0 Å². The minimum Gasteiger partial charge on any atom is -0.493 e. The van der Waals surface area contributed by atoms with Crippen LogP contribution in [0, 0.1) is 0 Å². The monoisotopic (exact) mass is 243 g/mol. The van der Waals surface area contributed by atoms with E-state index in [0.29, 0.717) is 11.5 Å². The summed E-state index contributed by atoms with van der Waals surface area (Å²) >= 11 is 0. The van der Waals surface area contributed by atoms with E-state index in [-0.39, 0.29) is 6.04 Å². The second kappa shape index (κ2) is 5.56. The van der Waals surface area contributed by atoms with E-state index in [9.17, 15) is 0 Å². The van der Waals surface area contributed by atoms with Crippen LogP contribution in [0.15, 0.2) is 48.5 Å². The lowest BCUT2D eigenvalue weighted by molar-refractivity contribution is 0.350. The van der Waals surface area contributed by atoms with Crippen LogP contribution in [0.3, 0.4) is 0 Å². The Kier molecular flexibility index (Phi) is 3.85. The zero-order chi connectivity index (χ0) is 13.0. The first kappa shape index (κ1) is 12.5. The highest BCUT2D eigenvalue weighted by atomic mass is 16.5. The van der Waals surface area contributed by atoms with E-state index in [1.807, 2.05) is 48.5 Å². The standard InChI is InChI=1S/C15H17NO2/c1-17-13-10-6-9-12(15(13)18-2)14(16)11-7-4-3-5-8-11/h3-10,14H,16H2,1-2H3. The van der Waals surface area contributed by atoms with Crippen LogP contribution in [0.1, 0.15) is 17.2 Å². The highest BCUT2D eigenvalue weighted by Gasteiger charge is 2.16. The lowest BCUT2D eigenvalue weighted by atomic mass is 9.98. The number of hydrogen-bond acceptors (Lipinski definition) is 3. The first-order valence-electron chi connectivity index (χ1n) is 5.79. The zero-order valence-electron chi connectivity index (χ0n) is 10.6. The highest BCUT2D eigenvalue weighted by Crippen LogP contribution is 2.35. The molecule has 0 amide bonds. The van der Waals surface area contributed by atoms with Crippen LogP contribution >= 0.6 is 0 Å². The van der Waals surface area contributed by atoms with Crippen molar-refractivity contribution in [2.75, 3.05) is 14.2 Å². The van der Waals surface area contributed by atoms with Gasteiger partial charge in [-0.05, 0) is 11.6 Å². The smallest absolute Gasteiger partial charge is 0.165 e. The van der Waals surface area contributed by atoms with Gasteiger partial charge in [0.05, 0.1) is 20.3 Å². The van der Waals surface area contributed by atoms with Gasteiger partial charge in [0.15, 0.2) is 11.5 Å². The second-order valence-corrected chi connectivity index (χ2v) is 3.97. The van der Waals surface area contributed by atoms with Crippen molar-refractivity contribution in [2.24, 2.45) is 5.73 Å². The quantitative estimate of drug-likeness (QED) is 0.898. The number of hydrogen-bond donors (Lipinski definition) is 1. The van der Waals surface area contributed by atoms with Gasteiger partial charge < -0.3 is 15.2 Å². The number of benzene rings is 2. The summed E-state index contributed by atoms with van der Waals surface area (Å²) in [7, 11) is 3.24. The number of para-hydroxylation sites is 1. The average molecular weight is 243 g/mol. The molecule has 2 N–H and O–H groups in total.